The van der Waals surface area contributed by atoms with Gasteiger partial charge in [0.1, 0.15) is 5.82 Å². The molecule has 0 saturated carbocycles. The van der Waals surface area contributed by atoms with Crippen molar-refractivity contribution in [2.24, 2.45) is 0 Å². The van der Waals surface area contributed by atoms with Crippen molar-refractivity contribution in [3.8, 4) is 11.8 Å². The van der Waals surface area contributed by atoms with Crippen LogP contribution in [0.2, 0.25) is 0 Å². The van der Waals surface area contributed by atoms with Crippen LogP contribution in [-0.2, 0) is 0 Å². The molecule has 0 unspecified atom stereocenters. The molecule has 0 fully saturated rings. The quantitative estimate of drug-likeness (QED) is 0.694. The van der Waals surface area contributed by atoms with E-state index in [1.54, 1.807) is 30.3 Å². The lowest BCUT2D eigenvalue weighted by molar-refractivity contribution is 0.102. The van der Waals surface area contributed by atoms with Crippen molar-refractivity contribution in [3.63, 3.8) is 0 Å². The summed E-state index contributed by atoms with van der Waals surface area (Å²) < 4.78 is 13.6. The standard InChI is InChI=1S/C21H14FNO/c22-20-12-5-4-11-19(20)21(24)23-18-10-6-9-17(15-18)14-13-16-7-2-1-3-8-16/h1-12,15H,(H,23,24). The van der Waals surface area contributed by atoms with Crippen LogP contribution in [0.4, 0.5) is 10.1 Å². The number of rotatable bonds is 2. The lowest BCUT2D eigenvalue weighted by atomic mass is 10.1. The summed E-state index contributed by atoms with van der Waals surface area (Å²) in [6.07, 6.45) is 0. The molecule has 3 aromatic rings. The first-order chi connectivity index (χ1) is 11.7. The van der Waals surface area contributed by atoms with Gasteiger partial charge in [-0.15, -0.1) is 0 Å². The van der Waals surface area contributed by atoms with Crippen molar-refractivity contribution >= 4 is 11.6 Å². The van der Waals surface area contributed by atoms with Crippen molar-refractivity contribution in [1.29, 1.82) is 0 Å². The molecule has 0 saturated heterocycles. The van der Waals surface area contributed by atoms with E-state index in [1.165, 1.54) is 12.1 Å². The van der Waals surface area contributed by atoms with Gasteiger partial charge in [0.2, 0.25) is 0 Å². The fraction of sp³-hybridized carbons (Fsp3) is 0. The van der Waals surface area contributed by atoms with Gasteiger partial charge in [-0.25, -0.2) is 4.39 Å². The van der Waals surface area contributed by atoms with E-state index >= 15 is 0 Å². The Hall–Kier alpha value is -3.38. The van der Waals surface area contributed by atoms with Crippen LogP contribution in [-0.4, -0.2) is 5.91 Å². The Morgan fingerprint density at radius 1 is 0.792 bits per heavy atom. The average Bonchev–Trinajstić information content (AvgIpc) is 2.61. The van der Waals surface area contributed by atoms with Gasteiger partial charge in [0, 0.05) is 16.8 Å². The van der Waals surface area contributed by atoms with Crippen molar-refractivity contribution in [3.05, 3.63) is 101 Å². The number of carbonyl (C=O) groups excluding carboxylic acids is 1. The zero-order valence-electron chi connectivity index (χ0n) is 12.8. The van der Waals surface area contributed by atoms with E-state index in [0.717, 1.165) is 11.1 Å². The second kappa shape index (κ2) is 7.26. The fourth-order valence-corrected chi connectivity index (χ4v) is 2.18. The van der Waals surface area contributed by atoms with E-state index in [0.29, 0.717) is 5.69 Å². The summed E-state index contributed by atoms with van der Waals surface area (Å²) in [5.74, 6) is 5.08. The minimum Gasteiger partial charge on any atom is -0.322 e. The zero-order valence-corrected chi connectivity index (χ0v) is 12.8. The van der Waals surface area contributed by atoms with Gasteiger partial charge in [0.25, 0.3) is 5.91 Å². The van der Waals surface area contributed by atoms with Gasteiger partial charge in [-0.2, -0.15) is 0 Å². The smallest absolute Gasteiger partial charge is 0.258 e. The van der Waals surface area contributed by atoms with Gasteiger partial charge in [0.15, 0.2) is 0 Å². The Balaban J connectivity index is 1.78. The third-order valence-corrected chi connectivity index (χ3v) is 3.36. The maximum absolute atomic E-state index is 13.6. The number of nitrogens with one attached hydrogen (secondary N) is 1. The highest BCUT2D eigenvalue weighted by molar-refractivity contribution is 6.04. The number of halogens is 1. The van der Waals surface area contributed by atoms with E-state index in [2.05, 4.69) is 17.2 Å². The summed E-state index contributed by atoms with van der Waals surface area (Å²) >= 11 is 0. The molecule has 0 heterocycles. The normalized spacial score (nSPS) is 9.71. The van der Waals surface area contributed by atoms with Crippen molar-refractivity contribution in [2.45, 2.75) is 0 Å². The van der Waals surface area contributed by atoms with Crippen LogP contribution in [0.15, 0.2) is 78.9 Å². The number of carbonyl (C=O) groups is 1. The highest BCUT2D eigenvalue weighted by atomic mass is 19.1. The molecule has 0 aliphatic rings. The molecule has 1 N–H and O–H groups in total. The van der Waals surface area contributed by atoms with Gasteiger partial charge in [-0.3, -0.25) is 4.79 Å². The maximum atomic E-state index is 13.6. The number of hydrogen-bond donors (Lipinski definition) is 1. The first-order valence-electron chi connectivity index (χ1n) is 7.45. The van der Waals surface area contributed by atoms with Crippen LogP contribution in [0.3, 0.4) is 0 Å². The van der Waals surface area contributed by atoms with Crippen LogP contribution in [0.5, 0.6) is 0 Å². The summed E-state index contributed by atoms with van der Waals surface area (Å²) in [6, 6.07) is 22.7. The molecule has 0 radical (unpaired) electrons. The Morgan fingerprint density at radius 2 is 1.46 bits per heavy atom. The van der Waals surface area contributed by atoms with Crippen LogP contribution in [0.1, 0.15) is 21.5 Å². The molecule has 1 amide bonds. The topological polar surface area (TPSA) is 29.1 Å². The molecule has 116 valence electrons. The maximum Gasteiger partial charge on any atom is 0.258 e. The van der Waals surface area contributed by atoms with Gasteiger partial charge in [-0.05, 0) is 42.5 Å². The van der Waals surface area contributed by atoms with E-state index < -0.39 is 11.7 Å². The van der Waals surface area contributed by atoms with E-state index in [1.807, 2.05) is 36.4 Å². The van der Waals surface area contributed by atoms with Gasteiger partial charge in [-0.1, -0.05) is 48.2 Å². The molecule has 2 nitrogen and oxygen atoms in total. The first-order valence-corrected chi connectivity index (χ1v) is 7.45. The molecular weight excluding hydrogens is 301 g/mol. The number of benzene rings is 3. The largest absolute Gasteiger partial charge is 0.322 e. The minimum atomic E-state index is -0.546. The summed E-state index contributed by atoms with van der Waals surface area (Å²) in [5, 5.41) is 2.69. The fourth-order valence-electron chi connectivity index (χ4n) is 2.18. The molecule has 0 bridgehead atoms. The van der Waals surface area contributed by atoms with Crippen molar-refractivity contribution < 1.29 is 9.18 Å². The summed E-state index contributed by atoms with van der Waals surface area (Å²) in [6.45, 7) is 0. The predicted molar refractivity (Wildman–Crippen MR) is 93.2 cm³/mol. The molecule has 0 aliphatic carbocycles. The second-order valence-electron chi connectivity index (χ2n) is 5.13. The molecule has 0 spiro atoms. The number of amides is 1. The SMILES string of the molecule is O=C(Nc1cccc(C#Cc2ccccc2)c1)c1ccccc1F. The second-order valence-corrected chi connectivity index (χ2v) is 5.13. The summed E-state index contributed by atoms with van der Waals surface area (Å²) in [7, 11) is 0. The van der Waals surface area contributed by atoms with Crippen molar-refractivity contribution in [1.82, 2.24) is 0 Å². The molecular formula is C21H14FNO. The molecule has 0 aliphatic heterocycles. The van der Waals surface area contributed by atoms with Crippen LogP contribution < -0.4 is 5.32 Å². The van der Waals surface area contributed by atoms with Gasteiger partial charge < -0.3 is 5.32 Å². The molecule has 0 aromatic heterocycles. The Morgan fingerprint density at radius 3 is 2.25 bits per heavy atom. The first kappa shape index (κ1) is 15.5. The van der Waals surface area contributed by atoms with E-state index in [4.69, 9.17) is 0 Å². The zero-order chi connectivity index (χ0) is 16.8. The predicted octanol–water partition coefficient (Wildman–Crippen LogP) is 4.48. The molecule has 0 atom stereocenters. The highest BCUT2D eigenvalue weighted by Gasteiger charge is 2.10. The Kier molecular flexibility index (Phi) is 4.69. The Labute approximate surface area is 140 Å². The molecule has 3 rings (SSSR count). The van der Waals surface area contributed by atoms with Crippen LogP contribution in [0, 0.1) is 17.7 Å². The monoisotopic (exact) mass is 315 g/mol. The van der Waals surface area contributed by atoms with Gasteiger partial charge in [0.05, 0.1) is 5.56 Å². The minimum absolute atomic E-state index is 0.0123. The number of anilines is 1. The van der Waals surface area contributed by atoms with E-state index in [9.17, 15) is 9.18 Å². The van der Waals surface area contributed by atoms with Gasteiger partial charge >= 0.3 is 0 Å². The Bertz CT molecular complexity index is 923. The third kappa shape index (κ3) is 3.88. The average molecular weight is 315 g/mol. The lowest BCUT2D eigenvalue weighted by Crippen LogP contribution is -2.13. The van der Waals surface area contributed by atoms with E-state index in [-0.39, 0.29) is 5.56 Å². The van der Waals surface area contributed by atoms with Crippen LogP contribution >= 0.6 is 0 Å². The lowest BCUT2D eigenvalue weighted by Gasteiger charge is -2.06. The summed E-state index contributed by atoms with van der Waals surface area (Å²) in [5.41, 5.74) is 2.27. The molecule has 24 heavy (non-hydrogen) atoms. The highest BCUT2D eigenvalue weighted by Crippen LogP contribution is 2.13. The summed E-state index contributed by atoms with van der Waals surface area (Å²) in [4.78, 5) is 12.1. The van der Waals surface area contributed by atoms with Crippen molar-refractivity contribution in [2.75, 3.05) is 5.32 Å². The molecule has 3 aromatic carbocycles. The van der Waals surface area contributed by atoms with Crippen LogP contribution in [0.25, 0.3) is 0 Å². The third-order valence-electron chi connectivity index (χ3n) is 3.36. The number of hydrogen-bond acceptors (Lipinski definition) is 1. The molecule has 3 heteroatoms.